The van der Waals surface area contributed by atoms with E-state index in [1.165, 1.54) is 0 Å². The van der Waals surface area contributed by atoms with Gasteiger partial charge in [-0.2, -0.15) is 0 Å². The summed E-state index contributed by atoms with van der Waals surface area (Å²) in [6.45, 7) is 4.82. The molecular weight excluding hydrogens is 318 g/mol. The van der Waals surface area contributed by atoms with Crippen molar-refractivity contribution in [2.24, 2.45) is 0 Å². The number of nitrogens with one attached hydrogen (secondary N) is 2. The highest BCUT2D eigenvalue weighted by atomic mass is 16.5. The minimum atomic E-state index is -0.164. The van der Waals surface area contributed by atoms with E-state index >= 15 is 0 Å². The van der Waals surface area contributed by atoms with E-state index in [0.29, 0.717) is 43.3 Å². The smallest absolute Gasteiger partial charge is 0.255 e. The average molecular weight is 347 g/mol. The molecule has 1 aromatic rings. The molecule has 0 saturated carbocycles. The van der Waals surface area contributed by atoms with Crippen LogP contribution in [0.4, 0.5) is 0 Å². The Morgan fingerprint density at radius 1 is 1.28 bits per heavy atom. The Labute approximate surface area is 149 Å². The second-order valence-corrected chi connectivity index (χ2v) is 6.27. The van der Waals surface area contributed by atoms with Crippen molar-refractivity contribution in [2.75, 3.05) is 33.3 Å². The molecule has 25 heavy (non-hydrogen) atoms. The van der Waals surface area contributed by atoms with E-state index in [4.69, 9.17) is 4.74 Å². The molecule has 2 N–H and O–H groups in total. The molecule has 2 amide bonds. The fourth-order valence-corrected chi connectivity index (χ4v) is 3.05. The first kappa shape index (κ1) is 19.2. The maximum absolute atomic E-state index is 12.3. The van der Waals surface area contributed by atoms with Crippen molar-refractivity contribution in [3.8, 4) is 5.75 Å². The van der Waals surface area contributed by atoms with E-state index in [-0.39, 0.29) is 11.8 Å². The van der Waals surface area contributed by atoms with Gasteiger partial charge in [0, 0.05) is 26.1 Å². The molecule has 1 aliphatic rings. The predicted octanol–water partition coefficient (Wildman–Crippen LogP) is 1.81. The van der Waals surface area contributed by atoms with E-state index in [0.717, 1.165) is 25.9 Å². The van der Waals surface area contributed by atoms with E-state index in [1.54, 1.807) is 12.1 Å². The maximum atomic E-state index is 12.3. The summed E-state index contributed by atoms with van der Waals surface area (Å²) in [5.74, 6) is 0.572. The Hall–Kier alpha value is -2.08. The summed E-state index contributed by atoms with van der Waals surface area (Å²) in [5.41, 5.74) is 0.530. The van der Waals surface area contributed by atoms with Gasteiger partial charge in [0.05, 0.1) is 12.2 Å². The molecule has 0 unspecified atom stereocenters. The monoisotopic (exact) mass is 347 g/mol. The van der Waals surface area contributed by atoms with Crippen LogP contribution in [0.2, 0.25) is 0 Å². The van der Waals surface area contributed by atoms with E-state index in [2.05, 4.69) is 10.6 Å². The van der Waals surface area contributed by atoms with Crippen LogP contribution >= 0.6 is 0 Å². The zero-order valence-corrected chi connectivity index (χ0v) is 15.2. The normalized spacial score (nSPS) is 14.8. The van der Waals surface area contributed by atoms with Crippen molar-refractivity contribution in [2.45, 2.75) is 38.6 Å². The third-order valence-corrected chi connectivity index (χ3v) is 4.53. The van der Waals surface area contributed by atoms with Crippen LogP contribution in [0.15, 0.2) is 24.3 Å². The Morgan fingerprint density at radius 3 is 2.72 bits per heavy atom. The van der Waals surface area contributed by atoms with Crippen molar-refractivity contribution in [3.63, 3.8) is 0 Å². The largest absolute Gasteiger partial charge is 0.493 e. The highest BCUT2D eigenvalue weighted by Gasteiger charge is 2.21. The number of benzene rings is 1. The standard InChI is InChI=1S/C19H29N3O3/c1-3-25-17-8-5-4-7-16(17)19(24)21-12-6-9-18(23)22(2)15-10-13-20-14-11-15/h4-5,7-8,15,20H,3,6,9-14H2,1-2H3,(H,21,24). The first-order chi connectivity index (χ1) is 12.1. The predicted molar refractivity (Wildman–Crippen MR) is 97.8 cm³/mol. The minimum Gasteiger partial charge on any atom is -0.493 e. The fraction of sp³-hybridized carbons (Fsp3) is 0.579. The number of nitrogens with zero attached hydrogens (tertiary/aromatic N) is 1. The molecule has 0 spiro atoms. The topological polar surface area (TPSA) is 70.7 Å². The van der Waals surface area contributed by atoms with Gasteiger partial charge >= 0.3 is 0 Å². The Morgan fingerprint density at radius 2 is 2.00 bits per heavy atom. The number of carbonyl (C=O) groups is 2. The number of piperidine rings is 1. The van der Waals surface area contributed by atoms with Gasteiger partial charge in [-0.1, -0.05) is 12.1 Å². The van der Waals surface area contributed by atoms with Gasteiger partial charge in [0.2, 0.25) is 5.91 Å². The number of amides is 2. The molecule has 138 valence electrons. The minimum absolute atomic E-state index is 0.149. The van der Waals surface area contributed by atoms with Gasteiger partial charge in [0.15, 0.2) is 0 Å². The van der Waals surface area contributed by atoms with Gasteiger partial charge in [-0.25, -0.2) is 0 Å². The highest BCUT2D eigenvalue weighted by Crippen LogP contribution is 2.17. The lowest BCUT2D eigenvalue weighted by molar-refractivity contribution is -0.132. The summed E-state index contributed by atoms with van der Waals surface area (Å²) < 4.78 is 5.47. The third kappa shape index (κ3) is 5.74. The Balaban J connectivity index is 1.73. The molecule has 6 heteroatoms. The summed E-state index contributed by atoms with van der Waals surface area (Å²) in [6.07, 6.45) is 3.10. The summed E-state index contributed by atoms with van der Waals surface area (Å²) in [5, 5.41) is 6.18. The molecular formula is C19H29N3O3. The molecule has 0 aliphatic carbocycles. The maximum Gasteiger partial charge on any atom is 0.255 e. The quantitative estimate of drug-likeness (QED) is 0.704. The number of para-hydroxylation sites is 1. The molecule has 1 aromatic carbocycles. The van der Waals surface area contributed by atoms with Gasteiger partial charge in [-0.15, -0.1) is 0 Å². The molecule has 1 aliphatic heterocycles. The van der Waals surface area contributed by atoms with E-state index in [9.17, 15) is 9.59 Å². The summed E-state index contributed by atoms with van der Waals surface area (Å²) in [4.78, 5) is 26.4. The number of hydrogen-bond acceptors (Lipinski definition) is 4. The van der Waals surface area contributed by atoms with Crippen molar-refractivity contribution < 1.29 is 14.3 Å². The van der Waals surface area contributed by atoms with Crippen LogP contribution in [0.5, 0.6) is 5.75 Å². The molecule has 1 saturated heterocycles. The fourth-order valence-electron chi connectivity index (χ4n) is 3.05. The second-order valence-electron chi connectivity index (χ2n) is 6.27. The lowest BCUT2D eigenvalue weighted by Crippen LogP contribution is -2.44. The van der Waals surface area contributed by atoms with Crippen molar-refractivity contribution in [1.29, 1.82) is 0 Å². The van der Waals surface area contributed by atoms with Crippen LogP contribution in [0, 0.1) is 0 Å². The average Bonchev–Trinajstić information content (AvgIpc) is 2.65. The lowest BCUT2D eigenvalue weighted by atomic mass is 10.0. The number of rotatable bonds is 8. The third-order valence-electron chi connectivity index (χ3n) is 4.53. The SMILES string of the molecule is CCOc1ccccc1C(=O)NCCCC(=O)N(C)C1CCNCC1. The van der Waals surface area contributed by atoms with Gasteiger partial charge in [-0.3, -0.25) is 9.59 Å². The zero-order valence-electron chi connectivity index (χ0n) is 15.2. The molecule has 0 aromatic heterocycles. The van der Waals surface area contributed by atoms with Crippen LogP contribution in [-0.2, 0) is 4.79 Å². The zero-order chi connectivity index (χ0) is 18.1. The van der Waals surface area contributed by atoms with E-state index in [1.807, 2.05) is 31.0 Å². The van der Waals surface area contributed by atoms with Gasteiger partial charge in [0.25, 0.3) is 5.91 Å². The summed E-state index contributed by atoms with van der Waals surface area (Å²) in [7, 11) is 1.88. The molecule has 0 atom stereocenters. The van der Waals surface area contributed by atoms with Crippen LogP contribution in [0.1, 0.15) is 43.0 Å². The van der Waals surface area contributed by atoms with Gasteiger partial charge in [-0.05, 0) is 51.4 Å². The van der Waals surface area contributed by atoms with Gasteiger partial charge in [0.1, 0.15) is 5.75 Å². The molecule has 1 fully saturated rings. The number of ether oxygens (including phenoxy) is 1. The summed E-state index contributed by atoms with van der Waals surface area (Å²) in [6, 6.07) is 7.53. The second kappa shape index (κ2) is 10.0. The van der Waals surface area contributed by atoms with Crippen molar-refractivity contribution in [3.05, 3.63) is 29.8 Å². The van der Waals surface area contributed by atoms with Crippen molar-refractivity contribution in [1.82, 2.24) is 15.5 Å². The lowest BCUT2D eigenvalue weighted by Gasteiger charge is -2.31. The highest BCUT2D eigenvalue weighted by molar-refractivity contribution is 5.96. The van der Waals surface area contributed by atoms with Crippen LogP contribution in [-0.4, -0.2) is 56.0 Å². The first-order valence-corrected chi connectivity index (χ1v) is 9.10. The van der Waals surface area contributed by atoms with Crippen molar-refractivity contribution >= 4 is 11.8 Å². The van der Waals surface area contributed by atoms with Gasteiger partial charge < -0.3 is 20.3 Å². The summed E-state index contributed by atoms with van der Waals surface area (Å²) >= 11 is 0. The van der Waals surface area contributed by atoms with E-state index < -0.39 is 0 Å². The van der Waals surface area contributed by atoms with Crippen LogP contribution < -0.4 is 15.4 Å². The molecule has 1 heterocycles. The Bertz CT molecular complexity index is 571. The van der Waals surface area contributed by atoms with Crippen LogP contribution in [0.25, 0.3) is 0 Å². The number of hydrogen-bond donors (Lipinski definition) is 2. The molecule has 0 radical (unpaired) electrons. The van der Waals surface area contributed by atoms with Crippen LogP contribution in [0.3, 0.4) is 0 Å². The molecule has 2 rings (SSSR count). The molecule has 0 bridgehead atoms. The first-order valence-electron chi connectivity index (χ1n) is 9.10. The molecule has 6 nitrogen and oxygen atoms in total. The number of carbonyl (C=O) groups excluding carboxylic acids is 2. The Kier molecular flexibility index (Phi) is 7.73.